The Morgan fingerprint density at radius 2 is 1.43 bits per heavy atom. The second kappa shape index (κ2) is 12.6. The Labute approximate surface area is 176 Å². The summed E-state index contributed by atoms with van der Waals surface area (Å²) in [5, 5.41) is 33.8. The van der Waals surface area contributed by atoms with Crippen LogP contribution in [0.4, 0.5) is 0 Å². The molecule has 0 fully saturated rings. The number of aliphatic carboxylic acids is 2. The standard InChI is InChI=1S/C15H25N5O9S/c1-5(21)11(14(27)19-8(4-30)15(28)29)20-13(26)7(3-10(23)24)18-12(25)6(16)2-9(17)22/h5-8,11,21,30H,2-4,16H2,1H3,(H2,17,22)(H,18,25)(H,19,27)(H,20,26)(H,23,24)(H,28,29). The Balaban J connectivity index is 5.38. The van der Waals surface area contributed by atoms with Crippen LogP contribution in [0.25, 0.3) is 0 Å². The van der Waals surface area contributed by atoms with Gasteiger partial charge in [0.25, 0.3) is 0 Å². The molecule has 0 heterocycles. The first-order valence-corrected chi connectivity index (χ1v) is 9.11. The molecule has 0 aliphatic rings. The van der Waals surface area contributed by atoms with E-state index in [1.807, 2.05) is 16.0 Å². The van der Waals surface area contributed by atoms with Gasteiger partial charge in [-0.2, -0.15) is 12.6 Å². The number of primary amides is 1. The average Bonchev–Trinajstić information content (AvgIpc) is 2.61. The lowest BCUT2D eigenvalue weighted by molar-refractivity contribution is -0.143. The van der Waals surface area contributed by atoms with Crippen LogP contribution in [0.5, 0.6) is 0 Å². The van der Waals surface area contributed by atoms with Crippen molar-refractivity contribution in [3.05, 3.63) is 0 Å². The van der Waals surface area contributed by atoms with Crippen molar-refractivity contribution < 1.29 is 44.1 Å². The fourth-order valence-corrected chi connectivity index (χ4v) is 2.33. The van der Waals surface area contributed by atoms with Gasteiger partial charge in [0, 0.05) is 5.75 Å². The molecule has 4 amide bonds. The molecule has 10 N–H and O–H groups in total. The van der Waals surface area contributed by atoms with E-state index in [9.17, 15) is 33.9 Å². The second-order valence-electron chi connectivity index (χ2n) is 6.24. The summed E-state index contributed by atoms with van der Waals surface area (Å²) in [6.07, 6.45) is -2.99. The number of carboxylic acids is 2. The number of nitrogens with two attached hydrogens (primary N) is 2. The van der Waals surface area contributed by atoms with Gasteiger partial charge in [0.15, 0.2) is 0 Å². The lowest BCUT2D eigenvalue weighted by Gasteiger charge is -2.25. The van der Waals surface area contributed by atoms with Gasteiger partial charge in [-0.3, -0.25) is 24.0 Å². The van der Waals surface area contributed by atoms with Crippen LogP contribution in [0, 0.1) is 0 Å². The van der Waals surface area contributed by atoms with Crippen molar-refractivity contribution in [3.8, 4) is 0 Å². The van der Waals surface area contributed by atoms with Crippen LogP contribution in [0.2, 0.25) is 0 Å². The number of carbonyl (C=O) groups is 6. The van der Waals surface area contributed by atoms with Crippen molar-refractivity contribution in [1.82, 2.24) is 16.0 Å². The molecule has 5 unspecified atom stereocenters. The summed E-state index contributed by atoms with van der Waals surface area (Å²) in [6.45, 7) is 1.12. The fraction of sp³-hybridized carbons (Fsp3) is 0.600. The molecule has 0 aromatic heterocycles. The number of hydrogen-bond acceptors (Lipinski definition) is 9. The van der Waals surface area contributed by atoms with E-state index >= 15 is 0 Å². The van der Waals surface area contributed by atoms with Crippen LogP contribution in [0.3, 0.4) is 0 Å². The number of rotatable bonds is 13. The molecule has 170 valence electrons. The van der Waals surface area contributed by atoms with Crippen LogP contribution in [0.1, 0.15) is 19.8 Å². The first-order chi connectivity index (χ1) is 13.8. The van der Waals surface area contributed by atoms with E-state index in [-0.39, 0.29) is 5.75 Å². The molecule has 0 aromatic carbocycles. The molecular weight excluding hydrogens is 426 g/mol. The molecule has 5 atom stereocenters. The largest absolute Gasteiger partial charge is 0.481 e. The van der Waals surface area contributed by atoms with Gasteiger partial charge < -0.3 is 42.7 Å². The van der Waals surface area contributed by atoms with Crippen molar-refractivity contribution in [2.45, 2.75) is 50.0 Å². The first kappa shape index (κ1) is 27.1. The maximum absolute atomic E-state index is 12.4. The number of aliphatic hydroxyl groups excluding tert-OH is 1. The molecule has 0 aliphatic heterocycles. The summed E-state index contributed by atoms with van der Waals surface area (Å²) < 4.78 is 0. The highest BCUT2D eigenvalue weighted by Gasteiger charge is 2.33. The molecule has 15 heteroatoms. The third-order valence-electron chi connectivity index (χ3n) is 3.63. The summed E-state index contributed by atoms with van der Waals surface area (Å²) >= 11 is 3.77. The van der Waals surface area contributed by atoms with Gasteiger partial charge in [-0.05, 0) is 6.92 Å². The maximum atomic E-state index is 12.4. The topological polar surface area (TPSA) is 251 Å². The molecule has 0 radical (unpaired) electrons. The zero-order valence-corrected chi connectivity index (χ0v) is 16.8. The normalized spacial score (nSPS) is 15.6. The number of amides is 4. The predicted octanol–water partition coefficient (Wildman–Crippen LogP) is -4.49. The summed E-state index contributed by atoms with van der Waals surface area (Å²) in [7, 11) is 0. The number of thiol groups is 1. The summed E-state index contributed by atoms with van der Waals surface area (Å²) in [5.41, 5.74) is 10.4. The second-order valence-corrected chi connectivity index (χ2v) is 6.61. The van der Waals surface area contributed by atoms with E-state index in [0.29, 0.717) is 0 Å². The van der Waals surface area contributed by atoms with Crippen molar-refractivity contribution in [2.75, 3.05) is 5.75 Å². The number of hydrogen-bond donors (Lipinski definition) is 9. The SMILES string of the molecule is CC(O)C(NC(=O)C(CC(=O)O)NC(=O)C(N)CC(N)=O)C(=O)NC(CS)C(=O)O. The maximum Gasteiger partial charge on any atom is 0.327 e. The summed E-state index contributed by atoms with van der Waals surface area (Å²) in [4.78, 5) is 69.5. The molecule has 0 aliphatic carbocycles. The van der Waals surface area contributed by atoms with E-state index in [0.717, 1.165) is 6.92 Å². The van der Waals surface area contributed by atoms with Gasteiger partial charge >= 0.3 is 11.9 Å². The number of nitrogens with one attached hydrogen (secondary N) is 3. The molecule has 0 saturated carbocycles. The van der Waals surface area contributed by atoms with Gasteiger partial charge in [0.05, 0.1) is 25.0 Å². The minimum Gasteiger partial charge on any atom is -0.481 e. The molecule has 0 spiro atoms. The van der Waals surface area contributed by atoms with Gasteiger partial charge in [-0.15, -0.1) is 0 Å². The highest BCUT2D eigenvalue weighted by molar-refractivity contribution is 7.80. The Kier molecular flexibility index (Phi) is 11.4. The third-order valence-corrected chi connectivity index (χ3v) is 3.99. The molecule has 0 saturated heterocycles. The molecule has 14 nitrogen and oxygen atoms in total. The van der Waals surface area contributed by atoms with Crippen molar-refractivity contribution in [1.29, 1.82) is 0 Å². The minimum atomic E-state index is -1.72. The number of carbonyl (C=O) groups excluding carboxylic acids is 4. The Morgan fingerprint density at radius 3 is 1.83 bits per heavy atom. The van der Waals surface area contributed by atoms with Crippen LogP contribution in [-0.2, 0) is 28.8 Å². The molecular formula is C15H25N5O9S. The molecule has 0 bridgehead atoms. The first-order valence-electron chi connectivity index (χ1n) is 8.48. The van der Waals surface area contributed by atoms with E-state index in [2.05, 4.69) is 12.6 Å². The van der Waals surface area contributed by atoms with Gasteiger partial charge in [-0.1, -0.05) is 0 Å². The monoisotopic (exact) mass is 451 g/mol. The zero-order chi connectivity index (χ0) is 23.6. The van der Waals surface area contributed by atoms with E-state index in [1.165, 1.54) is 0 Å². The molecule has 0 aromatic rings. The number of carboxylic acid groups (broad SMARTS) is 2. The van der Waals surface area contributed by atoms with Crippen LogP contribution < -0.4 is 27.4 Å². The van der Waals surface area contributed by atoms with E-state index in [4.69, 9.17) is 21.7 Å². The smallest absolute Gasteiger partial charge is 0.327 e. The van der Waals surface area contributed by atoms with Crippen molar-refractivity contribution >= 4 is 48.2 Å². The highest BCUT2D eigenvalue weighted by Crippen LogP contribution is 2.01. The fourth-order valence-electron chi connectivity index (χ4n) is 2.08. The highest BCUT2D eigenvalue weighted by atomic mass is 32.1. The molecule has 30 heavy (non-hydrogen) atoms. The van der Waals surface area contributed by atoms with Gasteiger partial charge in [0.1, 0.15) is 18.1 Å². The quantitative estimate of drug-likeness (QED) is 0.121. The Morgan fingerprint density at radius 1 is 0.900 bits per heavy atom. The summed E-state index contributed by atoms with van der Waals surface area (Å²) in [5.74, 6) is -7.38. The lowest BCUT2D eigenvalue weighted by atomic mass is 10.1. The number of aliphatic hydroxyl groups is 1. The van der Waals surface area contributed by atoms with Gasteiger partial charge in [0.2, 0.25) is 23.6 Å². The third kappa shape index (κ3) is 9.53. The van der Waals surface area contributed by atoms with Crippen molar-refractivity contribution in [3.63, 3.8) is 0 Å². The van der Waals surface area contributed by atoms with E-state index < -0.39 is 78.7 Å². The van der Waals surface area contributed by atoms with E-state index in [1.54, 1.807) is 0 Å². The molecule has 0 rings (SSSR count). The van der Waals surface area contributed by atoms with Crippen LogP contribution in [-0.4, -0.2) is 86.9 Å². The predicted molar refractivity (Wildman–Crippen MR) is 103 cm³/mol. The van der Waals surface area contributed by atoms with Crippen molar-refractivity contribution in [2.24, 2.45) is 11.5 Å². The Bertz CT molecular complexity index is 687. The van der Waals surface area contributed by atoms with Gasteiger partial charge in [-0.25, -0.2) is 4.79 Å². The minimum absolute atomic E-state index is 0.281. The van der Waals surface area contributed by atoms with Crippen LogP contribution >= 0.6 is 12.6 Å². The average molecular weight is 451 g/mol. The zero-order valence-electron chi connectivity index (χ0n) is 15.9. The van der Waals surface area contributed by atoms with Crippen LogP contribution in [0.15, 0.2) is 0 Å². The Hall–Kier alpha value is -2.91. The lowest BCUT2D eigenvalue weighted by Crippen LogP contribution is -2.60. The summed E-state index contributed by atoms with van der Waals surface area (Å²) in [6, 6.07) is -6.26.